The van der Waals surface area contributed by atoms with E-state index in [1.807, 2.05) is 43.3 Å². The van der Waals surface area contributed by atoms with Gasteiger partial charge in [-0.2, -0.15) is 9.61 Å². The normalized spacial score (nSPS) is 11.3. The summed E-state index contributed by atoms with van der Waals surface area (Å²) in [5, 5.41) is 18.0. The average Bonchev–Trinajstić information content (AvgIpc) is 3.46. The van der Waals surface area contributed by atoms with Crippen LogP contribution in [-0.4, -0.2) is 32.8 Å². The molecule has 0 aliphatic rings. The summed E-state index contributed by atoms with van der Waals surface area (Å²) >= 11 is 9.27. The summed E-state index contributed by atoms with van der Waals surface area (Å²) in [7, 11) is 1.56. The third kappa shape index (κ3) is 3.44. The van der Waals surface area contributed by atoms with E-state index in [1.165, 1.54) is 22.7 Å². The number of anilines is 1. The highest BCUT2D eigenvalue weighted by atomic mass is 35.5. The number of rotatable bonds is 5. The summed E-state index contributed by atoms with van der Waals surface area (Å²) in [5.74, 6) is 1.07. The number of benzene rings is 2. The smallest absolute Gasteiger partial charge is 0.267 e. The summed E-state index contributed by atoms with van der Waals surface area (Å²) in [6.07, 6.45) is 0.740. The molecule has 31 heavy (non-hydrogen) atoms. The maximum Gasteiger partial charge on any atom is 0.267 e. The van der Waals surface area contributed by atoms with Gasteiger partial charge in [-0.3, -0.25) is 4.79 Å². The maximum absolute atomic E-state index is 13.0. The molecule has 0 spiro atoms. The molecule has 0 unspecified atom stereocenters. The molecule has 3 heterocycles. The minimum absolute atomic E-state index is 0.284. The molecule has 156 valence electrons. The van der Waals surface area contributed by atoms with E-state index in [2.05, 4.69) is 20.6 Å². The van der Waals surface area contributed by atoms with Gasteiger partial charge >= 0.3 is 0 Å². The van der Waals surface area contributed by atoms with Crippen molar-refractivity contribution in [1.29, 1.82) is 0 Å². The first-order chi connectivity index (χ1) is 15.1. The number of methoxy groups -OCH3 is 1. The standard InChI is InChI=1S/C21H16ClN5O2S2/c1-3-16-24-25-21-27(16)26-20(31-21)11-8-9-14(29-2)13(10-11)23-19(28)18-17(22)12-6-4-5-7-15(12)30-18/h4-10H,3H2,1-2H3,(H,23,28). The lowest BCUT2D eigenvalue weighted by molar-refractivity contribution is 0.103. The number of hydrogen-bond donors (Lipinski definition) is 1. The summed E-state index contributed by atoms with van der Waals surface area (Å²) in [6.45, 7) is 2.01. The van der Waals surface area contributed by atoms with Crippen LogP contribution in [0.15, 0.2) is 42.5 Å². The SMILES string of the molecule is CCc1nnc2sc(-c3ccc(OC)c(NC(=O)c4sc5ccccc5c4Cl)c3)nn12. The van der Waals surface area contributed by atoms with Crippen LogP contribution in [0.3, 0.4) is 0 Å². The Morgan fingerprint density at radius 2 is 2.03 bits per heavy atom. The third-order valence-electron chi connectivity index (χ3n) is 4.81. The van der Waals surface area contributed by atoms with Crippen LogP contribution in [0.1, 0.15) is 22.4 Å². The van der Waals surface area contributed by atoms with Crippen molar-refractivity contribution in [3.63, 3.8) is 0 Å². The highest BCUT2D eigenvalue weighted by Crippen LogP contribution is 2.37. The number of carbonyl (C=O) groups is 1. The van der Waals surface area contributed by atoms with Gasteiger partial charge in [0.2, 0.25) is 4.96 Å². The minimum atomic E-state index is -0.284. The number of fused-ring (bicyclic) bond motifs is 2. The fourth-order valence-electron chi connectivity index (χ4n) is 3.27. The lowest BCUT2D eigenvalue weighted by atomic mass is 10.2. The number of aryl methyl sites for hydroxylation is 1. The number of nitrogens with one attached hydrogen (secondary N) is 1. The highest BCUT2D eigenvalue weighted by Gasteiger charge is 2.19. The van der Waals surface area contributed by atoms with Gasteiger partial charge in [-0.25, -0.2) is 0 Å². The van der Waals surface area contributed by atoms with E-state index in [4.69, 9.17) is 16.3 Å². The lowest BCUT2D eigenvalue weighted by Gasteiger charge is -2.11. The molecule has 0 aliphatic carbocycles. The van der Waals surface area contributed by atoms with Crippen LogP contribution in [0.4, 0.5) is 5.69 Å². The molecule has 5 aromatic rings. The number of carbonyl (C=O) groups excluding carboxylic acids is 1. The number of amides is 1. The molecule has 0 saturated heterocycles. The van der Waals surface area contributed by atoms with Crippen molar-refractivity contribution in [1.82, 2.24) is 19.8 Å². The molecule has 2 aromatic carbocycles. The predicted molar refractivity (Wildman–Crippen MR) is 125 cm³/mol. The number of thiophene rings is 1. The van der Waals surface area contributed by atoms with Crippen molar-refractivity contribution in [2.24, 2.45) is 0 Å². The third-order valence-corrected chi connectivity index (χ3v) is 7.43. The second-order valence-corrected chi connectivity index (χ2v) is 9.07. The van der Waals surface area contributed by atoms with Crippen molar-refractivity contribution in [3.8, 4) is 16.3 Å². The Kier molecular flexibility index (Phi) is 5.09. The Balaban J connectivity index is 1.51. The molecule has 0 bridgehead atoms. The van der Waals surface area contributed by atoms with Gasteiger partial charge in [0.15, 0.2) is 5.82 Å². The summed E-state index contributed by atoms with van der Waals surface area (Å²) < 4.78 is 8.17. The zero-order chi connectivity index (χ0) is 21.5. The Bertz CT molecular complexity index is 1440. The first-order valence-electron chi connectivity index (χ1n) is 9.47. The molecule has 3 aromatic heterocycles. The van der Waals surface area contributed by atoms with E-state index in [0.717, 1.165) is 37.9 Å². The Hall–Kier alpha value is -3.01. The quantitative estimate of drug-likeness (QED) is 0.365. The Morgan fingerprint density at radius 1 is 1.19 bits per heavy atom. The summed E-state index contributed by atoms with van der Waals surface area (Å²) in [4.78, 5) is 14.2. The van der Waals surface area contributed by atoms with Gasteiger partial charge in [0.1, 0.15) is 15.6 Å². The van der Waals surface area contributed by atoms with Crippen LogP contribution < -0.4 is 10.1 Å². The summed E-state index contributed by atoms with van der Waals surface area (Å²) in [6, 6.07) is 13.2. The number of nitrogens with zero attached hydrogens (tertiary/aromatic N) is 4. The zero-order valence-corrected chi connectivity index (χ0v) is 18.9. The first-order valence-corrected chi connectivity index (χ1v) is 11.5. The molecule has 7 nitrogen and oxygen atoms in total. The second kappa shape index (κ2) is 7.92. The Morgan fingerprint density at radius 3 is 2.81 bits per heavy atom. The number of hydrogen-bond acceptors (Lipinski definition) is 7. The molecular formula is C21H16ClN5O2S2. The lowest BCUT2D eigenvalue weighted by Crippen LogP contribution is -2.11. The van der Waals surface area contributed by atoms with Gasteiger partial charge < -0.3 is 10.1 Å². The minimum Gasteiger partial charge on any atom is -0.495 e. The van der Waals surface area contributed by atoms with Gasteiger partial charge in [0.25, 0.3) is 5.91 Å². The van der Waals surface area contributed by atoms with Crippen molar-refractivity contribution < 1.29 is 9.53 Å². The van der Waals surface area contributed by atoms with Crippen LogP contribution in [0, 0.1) is 0 Å². The molecule has 0 atom stereocenters. The maximum atomic E-state index is 13.0. The van der Waals surface area contributed by atoms with Crippen molar-refractivity contribution in [2.45, 2.75) is 13.3 Å². The monoisotopic (exact) mass is 469 g/mol. The average molecular weight is 470 g/mol. The summed E-state index contributed by atoms with van der Waals surface area (Å²) in [5.41, 5.74) is 1.39. The van der Waals surface area contributed by atoms with Crippen LogP contribution >= 0.6 is 34.3 Å². The Labute approximate surface area is 190 Å². The van der Waals surface area contributed by atoms with E-state index in [1.54, 1.807) is 17.7 Å². The number of aromatic nitrogens is 4. The molecule has 1 amide bonds. The molecule has 1 N–H and O–H groups in total. The van der Waals surface area contributed by atoms with E-state index >= 15 is 0 Å². The molecule has 0 aliphatic heterocycles. The number of halogens is 1. The van der Waals surface area contributed by atoms with Gasteiger partial charge in [-0.1, -0.05) is 48.1 Å². The van der Waals surface area contributed by atoms with E-state index in [-0.39, 0.29) is 5.91 Å². The van der Waals surface area contributed by atoms with Gasteiger partial charge in [0.05, 0.1) is 17.8 Å². The van der Waals surface area contributed by atoms with E-state index in [0.29, 0.717) is 21.3 Å². The largest absolute Gasteiger partial charge is 0.495 e. The van der Waals surface area contributed by atoms with Crippen molar-refractivity contribution >= 4 is 60.9 Å². The second-order valence-electron chi connectivity index (χ2n) is 6.68. The zero-order valence-electron chi connectivity index (χ0n) is 16.5. The van der Waals surface area contributed by atoms with E-state index < -0.39 is 0 Å². The fourth-order valence-corrected chi connectivity index (χ4v) is 5.54. The molecule has 0 radical (unpaired) electrons. The molecular weight excluding hydrogens is 454 g/mol. The highest BCUT2D eigenvalue weighted by molar-refractivity contribution is 7.21. The van der Waals surface area contributed by atoms with Gasteiger partial charge in [0, 0.05) is 22.1 Å². The molecule has 0 fully saturated rings. The van der Waals surface area contributed by atoms with Crippen LogP contribution in [0.5, 0.6) is 5.75 Å². The van der Waals surface area contributed by atoms with Crippen LogP contribution in [0.25, 0.3) is 25.6 Å². The number of ether oxygens (including phenoxy) is 1. The van der Waals surface area contributed by atoms with Crippen LogP contribution in [0.2, 0.25) is 5.02 Å². The topological polar surface area (TPSA) is 81.4 Å². The predicted octanol–water partition coefficient (Wildman–Crippen LogP) is 5.54. The molecule has 0 saturated carbocycles. The van der Waals surface area contributed by atoms with Crippen molar-refractivity contribution in [2.75, 3.05) is 12.4 Å². The fraction of sp³-hybridized carbons (Fsp3) is 0.143. The van der Waals surface area contributed by atoms with Gasteiger partial charge in [-0.15, -0.1) is 21.5 Å². The first kappa shape index (κ1) is 19.9. The molecule has 10 heteroatoms. The van der Waals surface area contributed by atoms with Crippen LogP contribution in [-0.2, 0) is 6.42 Å². The molecule has 5 rings (SSSR count). The van der Waals surface area contributed by atoms with Crippen molar-refractivity contribution in [3.05, 3.63) is 58.2 Å². The van der Waals surface area contributed by atoms with E-state index in [9.17, 15) is 4.79 Å². The van der Waals surface area contributed by atoms with Gasteiger partial charge in [-0.05, 0) is 24.3 Å².